The van der Waals surface area contributed by atoms with Crippen molar-refractivity contribution in [2.75, 3.05) is 13.2 Å². The van der Waals surface area contributed by atoms with Crippen molar-refractivity contribution >= 4 is 17.7 Å². The Morgan fingerprint density at radius 1 is 0.907 bits per heavy atom. The predicted octanol–water partition coefficient (Wildman–Crippen LogP) is 7.65. The second-order valence-corrected chi connectivity index (χ2v) is 12.4. The summed E-state index contributed by atoms with van der Waals surface area (Å²) in [6.45, 7) is 11.7. The monoisotopic (exact) mass is 582 g/mol. The van der Waals surface area contributed by atoms with Crippen LogP contribution in [0.1, 0.15) is 82.6 Å². The number of carbonyl (C=O) groups is 2. The maximum atomic E-state index is 13.1. The fourth-order valence-corrected chi connectivity index (χ4v) is 5.72. The highest BCUT2D eigenvalue weighted by molar-refractivity contribution is 6.05. The van der Waals surface area contributed by atoms with Gasteiger partial charge in [-0.25, -0.2) is 0 Å². The fraction of sp³-hybridized carbons (Fsp3) is 0.432. The number of carbonyl (C=O) groups excluding carboxylic acids is 1. The Hall–Kier alpha value is -3.93. The molecule has 43 heavy (non-hydrogen) atoms. The van der Waals surface area contributed by atoms with E-state index in [0.717, 1.165) is 55.5 Å². The number of carboxylic acids is 1. The average molecular weight is 583 g/mol. The lowest BCUT2D eigenvalue weighted by Crippen LogP contribution is -2.35. The first-order valence-electron chi connectivity index (χ1n) is 15.6. The van der Waals surface area contributed by atoms with E-state index in [9.17, 15) is 14.7 Å². The molecule has 0 saturated carbocycles. The van der Waals surface area contributed by atoms with Crippen LogP contribution < -0.4 is 4.74 Å². The largest absolute Gasteiger partial charge is 0.494 e. The molecule has 0 spiro atoms. The molecule has 0 aromatic heterocycles. The summed E-state index contributed by atoms with van der Waals surface area (Å²) in [5.41, 5.74) is 6.68. The Labute approximate surface area is 256 Å². The van der Waals surface area contributed by atoms with Gasteiger partial charge in [-0.3, -0.25) is 19.5 Å². The molecule has 3 aromatic rings. The zero-order chi connectivity index (χ0) is 31.0. The van der Waals surface area contributed by atoms with Gasteiger partial charge in [0, 0.05) is 18.5 Å². The number of aryl methyl sites for hydroxylation is 2. The molecule has 1 unspecified atom stereocenters. The maximum absolute atomic E-state index is 13.1. The van der Waals surface area contributed by atoms with Gasteiger partial charge in [0.1, 0.15) is 17.6 Å². The molecule has 1 atom stereocenters. The zero-order valence-corrected chi connectivity index (χ0v) is 26.4. The van der Waals surface area contributed by atoms with E-state index in [0.29, 0.717) is 24.5 Å². The van der Waals surface area contributed by atoms with Crippen molar-refractivity contribution < 1.29 is 19.4 Å². The third-order valence-corrected chi connectivity index (χ3v) is 8.07. The molecule has 4 rings (SSSR count). The van der Waals surface area contributed by atoms with Crippen LogP contribution >= 0.6 is 0 Å². The molecule has 1 N–H and O–H groups in total. The van der Waals surface area contributed by atoms with Crippen molar-refractivity contribution in [2.45, 2.75) is 91.0 Å². The summed E-state index contributed by atoms with van der Waals surface area (Å²) in [5.74, 6) is 0.780. The third-order valence-electron chi connectivity index (χ3n) is 8.07. The summed E-state index contributed by atoms with van der Waals surface area (Å²) >= 11 is 0. The summed E-state index contributed by atoms with van der Waals surface area (Å²) in [6, 6.07) is 22.7. The quantitative estimate of drug-likeness (QED) is 0.212. The van der Waals surface area contributed by atoms with Crippen LogP contribution in [0.5, 0.6) is 5.75 Å². The lowest BCUT2D eigenvalue weighted by atomic mass is 9.86. The molecule has 3 aromatic carbocycles. The minimum atomic E-state index is -0.880. The third kappa shape index (κ3) is 8.56. The van der Waals surface area contributed by atoms with Gasteiger partial charge in [-0.2, -0.15) is 0 Å². The van der Waals surface area contributed by atoms with Crippen LogP contribution in [-0.2, 0) is 34.3 Å². The number of benzene rings is 3. The number of amidine groups is 1. The molecule has 0 radical (unpaired) electrons. The Balaban J connectivity index is 1.34. The first-order valence-corrected chi connectivity index (χ1v) is 15.6. The number of ether oxygens (including phenoxy) is 1. The molecule has 1 heterocycles. The van der Waals surface area contributed by atoms with Gasteiger partial charge in [-0.05, 0) is 91.3 Å². The molecule has 1 amide bonds. The normalized spacial score (nSPS) is 15.1. The number of likely N-dealkylation sites (N-methyl/N-ethyl adjacent to an activating group) is 1. The Morgan fingerprint density at radius 3 is 2.30 bits per heavy atom. The molecular formula is C37H46N2O4. The molecule has 0 aliphatic carbocycles. The summed E-state index contributed by atoms with van der Waals surface area (Å²) in [5, 5.41) is 9.35. The van der Waals surface area contributed by atoms with E-state index >= 15 is 0 Å². The van der Waals surface area contributed by atoms with Gasteiger partial charge in [0.05, 0.1) is 13.0 Å². The molecular weight excluding hydrogens is 536 g/mol. The molecule has 1 aliphatic rings. The molecule has 6 heteroatoms. The summed E-state index contributed by atoms with van der Waals surface area (Å²) in [6.07, 6.45) is 5.11. The fourth-order valence-electron chi connectivity index (χ4n) is 5.72. The van der Waals surface area contributed by atoms with Crippen molar-refractivity contribution in [1.29, 1.82) is 0 Å². The summed E-state index contributed by atoms with van der Waals surface area (Å²) < 4.78 is 5.64. The minimum Gasteiger partial charge on any atom is -0.494 e. The van der Waals surface area contributed by atoms with Gasteiger partial charge in [0.2, 0.25) is 0 Å². The van der Waals surface area contributed by atoms with Crippen molar-refractivity contribution in [2.24, 2.45) is 4.99 Å². The molecule has 0 bridgehead atoms. The van der Waals surface area contributed by atoms with E-state index in [4.69, 9.17) is 9.73 Å². The van der Waals surface area contributed by atoms with Crippen LogP contribution in [0.4, 0.5) is 0 Å². The number of nitrogens with zero attached hydrogens (tertiary/aromatic N) is 2. The Bertz CT molecular complexity index is 1440. The van der Waals surface area contributed by atoms with Gasteiger partial charge in [0.25, 0.3) is 5.91 Å². The highest BCUT2D eigenvalue weighted by Crippen LogP contribution is 2.29. The van der Waals surface area contributed by atoms with Crippen molar-refractivity contribution in [3.05, 3.63) is 89.0 Å². The van der Waals surface area contributed by atoms with Crippen molar-refractivity contribution in [1.82, 2.24) is 4.90 Å². The predicted molar refractivity (Wildman–Crippen MR) is 174 cm³/mol. The average Bonchev–Trinajstić information content (AvgIpc) is 3.27. The van der Waals surface area contributed by atoms with Crippen molar-refractivity contribution in [3.8, 4) is 16.9 Å². The standard InChI is InChI=1S/C37H46N2O4/c1-6-39-34(38-32(36(39)42)15-9-11-26-17-20-31(21-18-26)37(3,4)5)16-10-13-27-12-8-14-28(23-27)29-19-22-33(43-7-2)30(24-29)25-35(40)41/h8,12,14,17-24,32H,6-7,9-11,13,15-16,25H2,1-5H3,(H,40,41). The molecule has 0 saturated heterocycles. The van der Waals surface area contributed by atoms with E-state index in [-0.39, 0.29) is 23.8 Å². The summed E-state index contributed by atoms with van der Waals surface area (Å²) in [4.78, 5) is 31.3. The molecule has 0 fully saturated rings. The van der Waals surface area contributed by atoms with E-state index in [1.165, 1.54) is 16.7 Å². The second kappa shape index (κ2) is 14.5. The van der Waals surface area contributed by atoms with Crippen LogP contribution in [0.2, 0.25) is 0 Å². The topological polar surface area (TPSA) is 79.2 Å². The highest BCUT2D eigenvalue weighted by Gasteiger charge is 2.32. The molecule has 6 nitrogen and oxygen atoms in total. The minimum absolute atomic E-state index is 0.0802. The van der Waals surface area contributed by atoms with Gasteiger partial charge in [-0.15, -0.1) is 0 Å². The van der Waals surface area contributed by atoms with Gasteiger partial charge < -0.3 is 9.84 Å². The van der Waals surface area contributed by atoms with Crippen LogP contribution in [-0.4, -0.2) is 46.9 Å². The van der Waals surface area contributed by atoms with E-state index in [1.54, 1.807) is 0 Å². The number of hydrogen-bond donors (Lipinski definition) is 1. The van der Waals surface area contributed by atoms with Gasteiger partial charge in [-0.1, -0.05) is 75.4 Å². The second-order valence-electron chi connectivity index (χ2n) is 12.4. The van der Waals surface area contributed by atoms with Gasteiger partial charge in [0.15, 0.2) is 0 Å². The van der Waals surface area contributed by atoms with E-state index in [2.05, 4.69) is 57.2 Å². The number of carboxylic acid groups (broad SMARTS) is 1. The SMILES string of the molecule is CCOc1ccc(-c2cccc(CCCC3=NC(CCCc4ccc(C(C)(C)C)cc4)C(=O)N3CC)c2)cc1CC(=O)O. The Kier molecular flexibility index (Phi) is 10.8. The molecule has 1 aliphatic heterocycles. The van der Waals surface area contributed by atoms with Crippen molar-refractivity contribution in [3.63, 3.8) is 0 Å². The number of hydrogen-bond acceptors (Lipinski definition) is 4. The molecule has 228 valence electrons. The zero-order valence-electron chi connectivity index (χ0n) is 26.4. The van der Waals surface area contributed by atoms with Crippen LogP contribution in [0.3, 0.4) is 0 Å². The Morgan fingerprint density at radius 2 is 1.63 bits per heavy atom. The lowest BCUT2D eigenvalue weighted by molar-refractivity contribution is -0.136. The van der Waals surface area contributed by atoms with Crippen LogP contribution in [0, 0.1) is 0 Å². The highest BCUT2D eigenvalue weighted by atomic mass is 16.5. The van der Waals surface area contributed by atoms with E-state index in [1.807, 2.05) is 49.1 Å². The first-order chi connectivity index (χ1) is 20.6. The first kappa shape index (κ1) is 32.0. The van der Waals surface area contributed by atoms with E-state index < -0.39 is 5.97 Å². The number of amides is 1. The number of aliphatic carboxylic acids is 1. The number of aliphatic imine (C=N–C) groups is 1. The number of rotatable bonds is 14. The van der Waals surface area contributed by atoms with Gasteiger partial charge >= 0.3 is 5.97 Å². The smallest absolute Gasteiger partial charge is 0.307 e. The van der Waals surface area contributed by atoms with Crippen LogP contribution in [0.25, 0.3) is 11.1 Å². The maximum Gasteiger partial charge on any atom is 0.307 e. The summed E-state index contributed by atoms with van der Waals surface area (Å²) in [7, 11) is 0. The van der Waals surface area contributed by atoms with Crippen LogP contribution in [0.15, 0.2) is 71.7 Å². The lowest BCUT2D eigenvalue weighted by Gasteiger charge is -2.19.